The molecule has 3 heteroatoms. The van der Waals surface area contributed by atoms with E-state index in [0.717, 1.165) is 11.3 Å². The van der Waals surface area contributed by atoms with Crippen LogP contribution in [0.15, 0.2) is 47.6 Å². The molecular formula is C20H24N2O. The van der Waals surface area contributed by atoms with Crippen LogP contribution in [0.3, 0.4) is 0 Å². The van der Waals surface area contributed by atoms with Gasteiger partial charge in [-0.2, -0.15) is 5.10 Å². The molecule has 23 heavy (non-hydrogen) atoms. The van der Waals surface area contributed by atoms with E-state index in [1.54, 1.807) is 0 Å². The van der Waals surface area contributed by atoms with Gasteiger partial charge in [0.25, 0.3) is 5.91 Å². The van der Waals surface area contributed by atoms with Gasteiger partial charge in [-0.05, 0) is 67.1 Å². The molecule has 0 saturated carbocycles. The Morgan fingerprint density at radius 2 is 1.57 bits per heavy atom. The monoisotopic (exact) mass is 308 g/mol. The van der Waals surface area contributed by atoms with E-state index >= 15 is 0 Å². The summed E-state index contributed by atoms with van der Waals surface area (Å²) in [4.78, 5) is 12.2. The topological polar surface area (TPSA) is 41.5 Å². The van der Waals surface area contributed by atoms with Gasteiger partial charge >= 0.3 is 0 Å². The molecule has 2 aromatic rings. The molecule has 0 bridgehead atoms. The van der Waals surface area contributed by atoms with Gasteiger partial charge in [-0.1, -0.05) is 38.1 Å². The first-order chi connectivity index (χ1) is 10.9. The summed E-state index contributed by atoms with van der Waals surface area (Å²) in [7, 11) is 0. The number of carbonyl (C=O) groups excluding carboxylic acids is 1. The molecule has 0 fully saturated rings. The first kappa shape index (κ1) is 16.9. The van der Waals surface area contributed by atoms with Crippen molar-refractivity contribution in [2.75, 3.05) is 0 Å². The second-order valence-electron chi connectivity index (χ2n) is 6.21. The van der Waals surface area contributed by atoms with Crippen molar-refractivity contribution in [1.82, 2.24) is 5.43 Å². The molecule has 0 unspecified atom stereocenters. The van der Waals surface area contributed by atoms with Gasteiger partial charge in [0, 0.05) is 5.56 Å². The lowest BCUT2D eigenvalue weighted by Crippen LogP contribution is -2.19. The number of hydrazone groups is 1. The highest BCUT2D eigenvalue weighted by Crippen LogP contribution is 2.15. The van der Waals surface area contributed by atoms with Crippen LogP contribution < -0.4 is 5.43 Å². The quantitative estimate of drug-likeness (QED) is 0.652. The lowest BCUT2D eigenvalue weighted by atomic mass is 10.0. The van der Waals surface area contributed by atoms with Crippen LogP contribution in [0.2, 0.25) is 0 Å². The fourth-order valence-electron chi connectivity index (χ4n) is 2.25. The fourth-order valence-corrected chi connectivity index (χ4v) is 2.25. The Kier molecular flexibility index (Phi) is 5.32. The van der Waals surface area contributed by atoms with Crippen LogP contribution in [0.1, 0.15) is 59.3 Å². The highest BCUT2D eigenvalue weighted by atomic mass is 16.2. The standard InChI is InChI=1S/C20H24N2O/c1-13(2)17-8-10-18(11-9-17)20(23)22-21-16(5)19-7-6-14(3)15(4)12-19/h6-13H,1-5H3,(H,22,23)/b21-16+. The smallest absolute Gasteiger partial charge is 0.267 e. The number of nitrogens with one attached hydrogen (secondary N) is 1. The maximum absolute atomic E-state index is 12.2. The summed E-state index contributed by atoms with van der Waals surface area (Å²) in [5.41, 5.74) is 8.74. The third kappa shape index (κ3) is 4.28. The zero-order chi connectivity index (χ0) is 17.0. The van der Waals surface area contributed by atoms with E-state index in [2.05, 4.69) is 50.4 Å². The Morgan fingerprint density at radius 3 is 2.13 bits per heavy atom. The molecule has 0 aliphatic heterocycles. The van der Waals surface area contributed by atoms with E-state index in [9.17, 15) is 4.79 Å². The zero-order valence-corrected chi connectivity index (χ0v) is 14.5. The van der Waals surface area contributed by atoms with Gasteiger partial charge in [-0.3, -0.25) is 4.79 Å². The SMILES string of the molecule is C/C(=N\NC(=O)c1ccc(C(C)C)cc1)c1ccc(C)c(C)c1. The maximum atomic E-state index is 12.2. The average molecular weight is 308 g/mol. The predicted molar refractivity (Wildman–Crippen MR) is 96.1 cm³/mol. The second kappa shape index (κ2) is 7.23. The highest BCUT2D eigenvalue weighted by Gasteiger charge is 2.06. The van der Waals surface area contributed by atoms with E-state index < -0.39 is 0 Å². The third-order valence-electron chi connectivity index (χ3n) is 4.09. The Hall–Kier alpha value is -2.42. The van der Waals surface area contributed by atoms with Crippen molar-refractivity contribution in [3.8, 4) is 0 Å². The van der Waals surface area contributed by atoms with Crippen LogP contribution in [0.25, 0.3) is 0 Å². The number of nitrogens with zero attached hydrogens (tertiary/aromatic N) is 1. The summed E-state index contributed by atoms with van der Waals surface area (Å²) in [6, 6.07) is 13.8. The van der Waals surface area contributed by atoms with Gasteiger partial charge < -0.3 is 0 Å². The van der Waals surface area contributed by atoms with Gasteiger partial charge in [0.15, 0.2) is 0 Å². The van der Waals surface area contributed by atoms with Crippen molar-refractivity contribution in [3.05, 3.63) is 70.3 Å². The molecule has 0 spiro atoms. The summed E-state index contributed by atoms with van der Waals surface area (Å²) in [6.07, 6.45) is 0. The Morgan fingerprint density at radius 1 is 0.957 bits per heavy atom. The summed E-state index contributed by atoms with van der Waals surface area (Å²) in [5.74, 6) is 0.264. The normalized spacial score (nSPS) is 11.7. The molecule has 0 atom stereocenters. The molecule has 0 heterocycles. The number of carbonyl (C=O) groups is 1. The van der Waals surface area contributed by atoms with Crippen molar-refractivity contribution in [3.63, 3.8) is 0 Å². The zero-order valence-electron chi connectivity index (χ0n) is 14.5. The minimum atomic E-state index is -0.191. The largest absolute Gasteiger partial charge is 0.271 e. The molecule has 120 valence electrons. The molecule has 0 aliphatic carbocycles. The van der Waals surface area contributed by atoms with Crippen LogP contribution in [-0.4, -0.2) is 11.6 Å². The first-order valence-corrected chi connectivity index (χ1v) is 7.90. The molecule has 2 aromatic carbocycles. The molecule has 1 amide bonds. The minimum absolute atomic E-state index is 0.191. The summed E-state index contributed by atoms with van der Waals surface area (Å²) >= 11 is 0. The van der Waals surface area contributed by atoms with Crippen LogP contribution in [0, 0.1) is 13.8 Å². The molecule has 0 saturated heterocycles. The molecule has 0 aliphatic rings. The van der Waals surface area contributed by atoms with Crippen molar-refractivity contribution in [1.29, 1.82) is 0 Å². The number of amides is 1. The predicted octanol–water partition coefficient (Wildman–Crippen LogP) is 4.58. The van der Waals surface area contributed by atoms with Gasteiger partial charge in [-0.15, -0.1) is 0 Å². The molecule has 2 rings (SSSR count). The van der Waals surface area contributed by atoms with Crippen LogP contribution >= 0.6 is 0 Å². The Labute approximate surface area is 138 Å². The van der Waals surface area contributed by atoms with E-state index in [4.69, 9.17) is 0 Å². The first-order valence-electron chi connectivity index (χ1n) is 7.90. The lowest BCUT2D eigenvalue weighted by Gasteiger charge is -2.07. The van der Waals surface area contributed by atoms with E-state index in [-0.39, 0.29) is 5.91 Å². The van der Waals surface area contributed by atoms with Crippen molar-refractivity contribution < 1.29 is 4.79 Å². The Balaban J connectivity index is 2.08. The van der Waals surface area contributed by atoms with Crippen molar-refractivity contribution in [2.24, 2.45) is 5.10 Å². The lowest BCUT2D eigenvalue weighted by molar-refractivity contribution is 0.0955. The average Bonchev–Trinajstić information content (AvgIpc) is 2.54. The molecule has 0 aromatic heterocycles. The van der Waals surface area contributed by atoms with Crippen LogP contribution in [0.5, 0.6) is 0 Å². The van der Waals surface area contributed by atoms with Gasteiger partial charge in [0.2, 0.25) is 0 Å². The van der Waals surface area contributed by atoms with Crippen LogP contribution in [0.4, 0.5) is 0 Å². The highest BCUT2D eigenvalue weighted by molar-refractivity contribution is 6.01. The maximum Gasteiger partial charge on any atom is 0.271 e. The summed E-state index contributed by atoms with van der Waals surface area (Å²) in [6.45, 7) is 10.3. The molecular weight excluding hydrogens is 284 g/mol. The number of rotatable bonds is 4. The van der Waals surface area contributed by atoms with Gasteiger partial charge in [-0.25, -0.2) is 5.43 Å². The second-order valence-corrected chi connectivity index (χ2v) is 6.21. The number of hydrogen-bond donors (Lipinski definition) is 1. The number of hydrogen-bond acceptors (Lipinski definition) is 2. The number of benzene rings is 2. The van der Waals surface area contributed by atoms with Crippen LogP contribution in [-0.2, 0) is 0 Å². The van der Waals surface area contributed by atoms with Crippen molar-refractivity contribution >= 4 is 11.6 Å². The fraction of sp³-hybridized carbons (Fsp3) is 0.300. The minimum Gasteiger partial charge on any atom is -0.267 e. The van der Waals surface area contributed by atoms with E-state index in [1.165, 1.54) is 16.7 Å². The third-order valence-corrected chi connectivity index (χ3v) is 4.09. The molecule has 0 radical (unpaired) electrons. The summed E-state index contributed by atoms with van der Waals surface area (Å²) < 4.78 is 0. The molecule has 3 nitrogen and oxygen atoms in total. The number of aryl methyl sites for hydroxylation is 2. The Bertz CT molecular complexity index is 728. The van der Waals surface area contributed by atoms with E-state index in [1.807, 2.05) is 37.3 Å². The van der Waals surface area contributed by atoms with E-state index in [0.29, 0.717) is 11.5 Å². The van der Waals surface area contributed by atoms with Gasteiger partial charge in [0.05, 0.1) is 5.71 Å². The summed E-state index contributed by atoms with van der Waals surface area (Å²) in [5, 5.41) is 4.22. The molecule has 1 N–H and O–H groups in total. The van der Waals surface area contributed by atoms with Gasteiger partial charge in [0.1, 0.15) is 0 Å². The van der Waals surface area contributed by atoms with Crippen molar-refractivity contribution in [2.45, 2.75) is 40.5 Å².